The van der Waals surface area contributed by atoms with E-state index in [-0.39, 0.29) is 22.4 Å². The van der Waals surface area contributed by atoms with E-state index in [1.807, 2.05) is 19.2 Å². The molecule has 1 aromatic heterocycles. The summed E-state index contributed by atoms with van der Waals surface area (Å²) in [7, 11) is 3.27. The molecule has 3 aliphatic heterocycles. The van der Waals surface area contributed by atoms with Crippen LogP contribution in [0.3, 0.4) is 0 Å². The number of nitrogens with one attached hydrogen (secondary N) is 1. The van der Waals surface area contributed by atoms with Crippen LogP contribution in [0.25, 0.3) is 0 Å². The second kappa shape index (κ2) is 10.9. The standard InChI is InChI=1S/C22H26N8O6S2/c1-30(8-5-11(6-9-30)16(23)31)7-3-4-12-10-37-20-14(19(33)29(20)15(12)21(34)35)25-18(32)13(27-36-2)17-26-22(24)38-28-17/h3-5,14,20H,6-10H2,1-2H3,(H5-,23,24,25,26,28,31,32,34,35)/b4-3+,27-13-/t14-,20+,30?/m1/s1. The highest BCUT2D eigenvalue weighted by Gasteiger charge is 2.53. The Morgan fingerprint density at radius 3 is 2.76 bits per heavy atom. The number of fused-ring (bicyclic) bond motifs is 1. The molecule has 1 aromatic rings. The number of likely N-dealkylation sites (N-methyl/N-ethyl adjacent to an activating group) is 1. The fourth-order valence-corrected chi connectivity index (χ4v) is 6.08. The summed E-state index contributed by atoms with van der Waals surface area (Å²) < 4.78 is 4.56. The van der Waals surface area contributed by atoms with Crippen molar-refractivity contribution in [3.05, 3.63) is 40.9 Å². The van der Waals surface area contributed by atoms with E-state index in [1.165, 1.54) is 18.9 Å². The zero-order chi connectivity index (χ0) is 27.6. The van der Waals surface area contributed by atoms with Crippen LogP contribution in [0.1, 0.15) is 12.2 Å². The summed E-state index contributed by atoms with van der Waals surface area (Å²) in [6, 6.07) is -0.991. The van der Waals surface area contributed by atoms with Gasteiger partial charge in [0.25, 0.3) is 11.8 Å². The second-order valence-corrected chi connectivity index (χ2v) is 10.9. The maximum atomic E-state index is 13.0. The molecule has 3 atom stereocenters. The van der Waals surface area contributed by atoms with Crippen molar-refractivity contribution in [2.45, 2.75) is 17.8 Å². The molecule has 202 valence electrons. The van der Waals surface area contributed by atoms with Crippen LogP contribution < -0.4 is 21.9 Å². The van der Waals surface area contributed by atoms with Gasteiger partial charge in [-0.15, -0.1) is 11.8 Å². The van der Waals surface area contributed by atoms with Gasteiger partial charge in [0, 0.05) is 29.3 Å². The maximum Gasteiger partial charge on any atom is 0.278 e. The van der Waals surface area contributed by atoms with Gasteiger partial charge < -0.3 is 36.0 Å². The molecule has 1 fully saturated rings. The predicted octanol–water partition coefficient (Wildman–Crippen LogP) is -2.31. The number of hydrogen-bond donors (Lipinski definition) is 3. The van der Waals surface area contributed by atoms with Gasteiger partial charge in [0.15, 0.2) is 5.13 Å². The Kier molecular flexibility index (Phi) is 7.84. The molecule has 38 heavy (non-hydrogen) atoms. The molecule has 1 unspecified atom stereocenters. The van der Waals surface area contributed by atoms with Gasteiger partial charge in [-0.25, -0.2) is 0 Å². The number of β-lactam (4-membered cyclic amide) rings is 1. The Bertz CT molecular complexity index is 1300. The molecule has 4 heterocycles. The number of nitrogen functional groups attached to an aromatic ring is 1. The number of thioether (sulfide) groups is 1. The van der Waals surface area contributed by atoms with Crippen molar-refractivity contribution in [3.63, 3.8) is 0 Å². The van der Waals surface area contributed by atoms with E-state index in [4.69, 9.17) is 16.3 Å². The fourth-order valence-electron chi connectivity index (χ4n) is 4.33. The number of carbonyl (C=O) groups is 4. The van der Waals surface area contributed by atoms with Crippen molar-refractivity contribution < 1.29 is 33.6 Å². The van der Waals surface area contributed by atoms with E-state index in [0.717, 1.165) is 16.4 Å². The first-order valence-electron chi connectivity index (χ1n) is 11.4. The number of anilines is 1. The third kappa shape index (κ3) is 5.41. The number of carbonyl (C=O) groups excluding carboxylic acids is 4. The lowest BCUT2D eigenvalue weighted by Gasteiger charge is -2.50. The van der Waals surface area contributed by atoms with Gasteiger partial charge in [0.05, 0.1) is 38.3 Å². The summed E-state index contributed by atoms with van der Waals surface area (Å²) in [6.07, 6.45) is 5.95. The monoisotopic (exact) mass is 562 g/mol. The zero-order valence-corrected chi connectivity index (χ0v) is 22.2. The van der Waals surface area contributed by atoms with Crippen molar-refractivity contribution in [2.24, 2.45) is 10.9 Å². The van der Waals surface area contributed by atoms with Crippen LogP contribution >= 0.6 is 23.3 Å². The van der Waals surface area contributed by atoms with E-state index in [1.54, 1.807) is 6.08 Å². The summed E-state index contributed by atoms with van der Waals surface area (Å²) in [5, 5.41) is 17.7. The SMILES string of the molecule is CO/N=C(\C(=O)N[C@@H]1C(=O)N2C(C(=O)[O-])=C(/C=C/C[N+]3(C)CC=C(C(N)=O)CC3)CS[C@@H]12)c1nsc(N)n1. The minimum absolute atomic E-state index is 0.0547. The van der Waals surface area contributed by atoms with Crippen LogP contribution in [0.4, 0.5) is 5.13 Å². The van der Waals surface area contributed by atoms with E-state index < -0.39 is 35.1 Å². The third-order valence-electron chi connectivity index (χ3n) is 6.41. The van der Waals surface area contributed by atoms with Crippen LogP contribution in [0.2, 0.25) is 0 Å². The normalized spacial score (nSPS) is 25.5. The van der Waals surface area contributed by atoms with Gasteiger partial charge in [-0.2, -0.15) is 9.36 Å². The van der Waals surface area contributed by atoms with Crippen LogP contribution in [0.5, 0.6) is 0 Å². The molecule has 0 radical (unpaired) electrons. The summed E-state index contributed by atoms with van der Waals surface area (Å²) >= 11 is 2.18. The lowest BCUT2D eigenvalue weighted by Crippen LogP contribution is -2.71. The average molecular weight is 563 g/mol. The molecule has 0 bridgehead atoms. The lowest BCUT2D eigenvalue weighted by molar-refractivity contribution is -0.899. The number of oxime groups is 1. The van der Waals surface area contributed by atoms with Gasteiger partial charge in [0.2, 0.25) is 17.4 Å². The van der Waals surface area contributed by atoms with Crippen LogP contribution in [-0.4, -0.2) is 99.1 Å². The van der Waals surface area contributed by atoms with Gasteiger partial charge in [-0.1, -0.05) is 11.2 Å². The van der Waals surface area contributed by atoms with Crippen LogP contribution in [-0.2, 0) is 24.0 Å². The number of carboxylic acids is 1. The number of aromatic nitrogens is 2. The van der Waals surface area contributed by atoms with E-state index in [0.29, 0.717) is 47.4 Å². The largest absolute Gasteiger partial charge is 0.543 e. The zero-order valence-electron chi connectivity index (χ0n) is 20.6. The van der Waals surface area contributed by atoms with Crippen LogP contribution in [0.15, 0.2) is 40.2 Å². The highest BCUT2D eigenvalue weighted by atomic mass is 32.2. The number of rotatable bonds is 9. The van der Waals surface area contributed by atoms with Gasteiger partial charge in [-0.05, 0) is 17.7 Å². The molecular weight excluding hydrogens is 536 g/mol. The van der Waals surface area contributed by atoms with Gasteiger partial charge >= 0.3 is 0 Å². The van der Waals surface area contributed by atoms with E-state index >= 15 is 0 Å². The van der Waals surface area contributed by atoms with Crippen molar-refractivity contribution in [1.82, 2.24) is 19.6 Å². The number of nitrogens with two attached hydrogens (primary N) is 2. The molecule has 3 aliphatic rings. The summed E-state index contributed by atoms with van der Waals surface area (Å²) in [5.74, 6) is -3.02. The molecule has 4 rings (SSSR count). The quantitative estimate of drug-likeness (QED) is 0.127. The second-order valence-electron chi connectivity index (χ2n) is 9.06. The van der Waals surface area contributed by atoms with Crippen LogP contribution in [0, 0.1) is 0 Å². The first-order valence-corrected chi connectivity index (χ1v) is 13.3. The smallest absolute Gasteiger partial charge is 0.278 e. The molecule has 14 nitrogen and oxygen atoms in total. The van der Waals surface area contributed by atoms with Crippen molar-refractivity contribution >= 4 is 57.8 Å². The van der Waals surface area contributed by atoms with Crippen molar-refractivity contribution in [3.8, 4) is 0 Å². The molecule has 5 N–H and O–H groups in total. The van der Waals surface area contributed by atoms with Crippen molar-refractivity contribution in [2.75, 3.05) is 45.3 Å². The van der Waals surface area contributed by atoms with Crippen molar-refractivity contribution in [1.29, 1.82) is 0 Å². The molecular formula is C22H26N8O6S2. The predicted molar refractivity (Wildman–Crippen MR) is 137 cm³/mol. The Labute approximate surface area is 225 Å². The number of aliphatic carboxylic acids is 1. The number of nitrogens with zero attached hydrogens (tertiary/aromatic N) is 5. The average Bonchev–Trinajstić information content (AvgIpc) is 3.30. The topological polar surface area (TPSA) is 206 Å². The number of quaternary nitrogens is 1. The number of carboxylic acid groups (broad SMARTS) is 1. The minimum atomic E-state index is -1.48. The minimum Gasteiger partial charge on any atom is -0.543 e. The number of allylic oxidation sites excluding steroid dienone is 1. The first-order chi connectivity index (χ1) is 18.0. The first kappa shape index (κ1) is 27.3. The number of amides is 3. The third-order valence-corrected chi connectivity index (χ3v) is 8.25. The Morgan fingerprint density at radius 2 is 2.18 bits per heavy atom. The molecule has 0 saturated carbocycles. The van der Waals surface area contributed by atoms with E-state index in [9.17, 15) is 24.3 Å². The number of primary amides is 1. The van der Waals surface area contributed by atoms with Gasteiger partial charge in [0.1, 0.15) is 18.5 Å². The Balaban J connectivity index is 1.45. The summed E-state index contributed by atoms with van der Waals surface area (Å²) in [4.78, 5) is 58.9. The molecule has 0 spiro atoms. The molecule has 1 saturated heterocycles. The summed E-state index contributed by atoms with van der Waals surface area (Å²) in [6.45, 7) is 1.92. The summed E-state index contributed by atoms with van der Waals surface area (Å²) in [5.41, 5.74) is 11.5. The lowest BCUT2D eigenvalue weighted by atomic mass is 10.0. The fraction of sp³-hybridized carbons (Fsp3) is 0.409. The highest BCUT2D eigenvalue weighted by molar-refractivity contribution is 8.00. The Morgan fingerprint density at radius 1 is 1.42 bits per heavy atom. The van der Waals surface area contributed by atoms with Gasteiger partial charge in [-0.3, -0.25) is 19.3 Å². The Hall–Kier alpha value is -3.76. The molecule has 16 heteroatoms. The van der Waals surface area contributed by atoms with E-state index in [2.05, 4.69) is 19.8 Å². The molecule has 0 aliphatic carbocycles. The molecule has 0 aromatic carbocycles. The number of hydrogen-bond acceptors (Lipinski definition) is 12. The molecule has 3 amide bonds. The maximum absolute atomic E-state index is 13.0. The highest BCUT2D eigenvalue weighted by Crippen LogP contribution is 2.40.